The lowest BCUT2D eigenvalue weighted by Crippen LogP contribution is -1.79. The van der Waals surface area contributed by atoms with E-state index in [9.17, 15) is 0 Å². The molecule has 0 saturated heterocycles. The highest BCUT2D eigenvalue weighted by Crippen LogP contribution is 2.34. The number of thiophene rings is 1. The van der Waals surface area contributed by atoms with Crippen molar-refractivity contribution in [3.05, 3.63) is 71.4 Å². The lowest BCUT2D eigenvalue weighted by molar-refractivity contribution is 1.63. The van der Waals surface area contributed by atoms with Crippen LogP contribution in [0.3, 0.4) is 0 Å². The first kappa shape index (κ1) is 10.3. The van der Waals surface area contributed by atoms with Gasteiger partial charge in [0.15, 0.2) is 0 Å². The van der Waals surface area contributed by atoms with Crippen LogP contribution in [-0.4, -0.2) is 0 Å². The predicted octanol–water partition coefficient (Wildman–Crippen LogP) is 4.88. The second kappa shape index (κ2) is 4.56. The van der Waals surface area contributed by atoms with E-state index in [2.05, 4.69) is 59.3 Å². The van der Waals surface area contributed by atoms with Crippen molar-refractivity contribution in [1.29, 1.82) is 0 Å². The Balaban J connectivity index is 2.13. The zero-order valence-electron chi connectivity index (χ0n) is 9.26. The molecular formula is C16H11S. The average Bonchev–Trinajstić information content (AvgIpc) is 2.90. The van der Waals surface area contributed by atoms with E-state index in [0.29, 0.717) is 0 Å². The highest BCUT2D eigenvalue weighted by molar-refractivity contribution is 7.08. The molecule has 0 aliphatic rings. The quantitative estimate of drug-likeness (QED) is 0.593. The molecule has 1 aromatic heterocycles. The van der Waals surface area contributed by atoms with Gasteiger partial charge in [-0.15, -0.1) is 11.3 Å². The van der Waals surface area contributed by atoms with Crippen LogP contribution in [0, 0.1) is 5.38 Å². The minimum absolute atomic E-state index is 1.20. The Hall–Kier alpha value is -1.86. The van der Waals surface area contributed by atoms with Gasteiger partial charge in [0.05, 0.1) is 5.38 Å². The van der Waals surface area contributed by atoms with Gasteiger partial charge in [-0.05, 0) is 16.5 Å². The normalized spacial score (nSPS) is 10.4. The fourth-order valence-electron chi connectivity index (χ4n) is 1.91. The second-order valence-corrected chi connectivity index (χ2v) is 4.53. The van der Waals surface area contributed by atoms with Gasteiger partial charge in [-0.1, -0.05) is 60.7 Å². The Labute approximate surface area is 105 Å². The van der Waals surface area contributed by atoms with Crippen LogP contribution in [0.15, 0.2) is 66.0 Å². The van der Waals surface area contributed by atoms with Gasteiger partial charge >= 0.3 is 0 Å². The van der Waals surface area contributed by atoms with Gasteiger partial charge in [0.1, 0.15) is 0 Å². The molecule has 0 amide bonds. The van der Waals surface area contributed by atoms with Gasteiger partial charge in [-0.3, -0.25) is 0 Å². The van der Waals surface area contributed by atoms with Gasteiger partial charge in [0.25, 0.3) is 0 Å². The molecule has 0 fully saturated rings. The summed E-state index contributed by atoms with van der Waals surface area (Å²) in [5.41, 5.74) is 4.94. The maximum absolute atomic E-state index is 3.36. The molecule has 0 N–H and O–H groups in total. The summed E-state index contributed by atoms with van der Waals surface area (Å²) in [5, 5.41) is 5.53. The third-order valence-corrected chi connectivity index (χ3v) is 3.43. The van der Waals surface area contributed by atoms with Crippen LogP contribution in [0.5, 0.6) is 0 Å². The first-order chi connectivity index (χ1) is 8.45. The van der Waals surface area contributed by atoms with E-state index in [1.165, 1.54) is 22.3 Å². The van der Waals surface area contributed by atoms with Crippen molar-refractivity contribution in [2.24, 2.45) is 0 Å². The molecular weight excluding hydrogens is 224 g/mol. The average molecular weight is 235 g/mol. The van der Waals surface area contributed by atoms with E-state index in [4.69, 9.17) is 0 Å². The molecule has 81 valence electrons. The van der Waals surface area contributed by atoms with Gasteiger partial charge in [-0.25, -0.2) is 0 Å². The van der Waals surface area contributed by atoms with Gasteiger partial charge < -0.3 is 0 Å². The third kappa shape index (κ3) is 2.02. The van der Waals surface area contributed by atoms with Gasteiger partial charge in [-0.2, -0.15) is 0 Å². The van der Waals surface area contributed by atoms with Crippen molar-refractivity contribution < 1.29 is 0 Å². The minimum Gasteiger partial charge on any atom is -0.142 e. The van der Waals surface area contributed by atoms with Crippen LogP contribution < -0.4 is 0 Å². The summed E-state index contributed by atoms with van der Waals surface area (Å²) in [7, 11) is 0. The van der Waals surface area contributed by atoms with Crippen molar-refractivity contribution in [3.63, 3.8) is 0 Å². The summed E-state index contributed by atoms with van der Waals surface area (Å²) >= 11 is 1.63. The molecule has 3 aromatic rings. The van der Waals surface area contributed by atoms with Crippen molar-refractivity contribution in [2.75, 3.05) is 0 Å². The molecule has 0 unspecified atom stereocenters. The summed E-state index contributed by atoms with van der Waals surface area (Å²) < 4.78 is 0. The molecule has 3 rings (SSSR count). The number of hydrogen-bond donors (Lipinski definition) is 0. The van der Waals surface area contributed by atoms with E-state index in [1.54, 1.807) is 11.3 Å². The number of hydrogen-bond acceptors (Lipinski definition) is 1. The highest BCUT2D eigenvalue weighted by atomic mass is 32.1. The SMILES string of the molecule is [c]1scc(-c2ccccc2)c1-c1ccccc1. The zero-order valence-corrected chi connectivity index (χ0v) is 10.1. The molecule has 1 heteroatoms. The van der Waals surface area contributed by atoms with Crippen LogP contribution in [0.2, 0.25) is 0 Å². The van der Waals surface area contributed by atoms with Crippen molar-refractivity contribution in [3.8, 4) is 22.3 Å². The van der Waals surface area contributed by atoms with Gasteiger partial charge in [0.2, 0.25) is 0 Å². The molecule has 0 aliphatic heterocycles. The van der Waals surface area contributed by atoms with Gasteiger partial charge in [0, 0.05) is 11.1 Å². The molecule has 1 heterocycles. The Bertz CT molecular complexity index is 540. The molecule has 0 bridgehead atoms. The van der Waals surface area contributed by atoms with E-state index < -0.39 is 0 Å². The topological polar surface area (TPSA) is 0 Å². The highest BCUT2D eigenvalue weighted by Gasteiger charge is 2.07. The molecule has 0 spiro atoms. The van der Waals surface area contributed by atoms with Crippen LogP contribution in [0.4, 0.5) is 0 Å². The number of benzene rings is 2. The maximum Gasteiger partial charge on any atom is 0.0533 e. The maximum atomic E-state index is 3.36. The standard InChI is InChI=1S/C16H11S/c1-3-7-13(8-4-1)15-11-17-12-16(15)14-9-5-2-6-10-14/h1-11H. The minimum atomic E-state index is 1.20. The Morgan fingerprint density at radius 1 is 0.706 bits per heavy atom. The fraction of sp³-hybridized carbons (Fsp3) is 0. The third-order valence-electron chi connectivity index (χ3n) is 2.75. The van der Waals surface area contributed by atoms with Crippen LogP contribution in [0.1, 0.15) is 0 Å². The Morgan fingerprint density at radius 3 is 1.94 bits per heavy atom. The lowest BCUT2D eigenvalue weighted by Gasteiger charge is -2.03. The molecule has 2 aromatic carbocycles. The zero-order chi connectivity index (χ0) is 11.5. The molecule has 0 saturated carbocycles. The molecule has 0 nitrogen and oxygen atoms in total. The van der Waals surface area contributed by atoms with Crippen LogP contribution in [0.25, 0.3) is 22.3 Å². The molecule has 0 aliphatic carbocycles. The molecule has 17 heavy (non-hydrogen) atoms. The summed E-state index contributed by atoms with van der Waals surface area (Å²) in [4.78, 5) is 0. The Morgan fingerprint density at radius 2 is 1.29 bits per heavy atom. The Kier molecular flexibility index (Phi) is 2.76. The largest absolute Gasteiger partial charge is 0.142 e. The summed E-state index contributed by atoms with van der Waals surface area (Å²) in [6.45, 7) is 0. The summed E-state index contributed by atoms with van der Waals surface area (Å²) in [6.07, 6.45) is 0. The van der Waals surface area contributed by atoms with Crippen LogP contribution >= 0.6 is 11.3 Å². The smallest absolute Gasteiger partial charge is 0.0533 e. The molecule has 0 atom stereocenters. The van der Waals surface area contributed by atoms with Crippen molar-refractivity contribution in [2.45, 2.75) is 0 Å². The first-order valence-corrected chi connectivity index (χ1v) is 6.43. The first-order valence-electron chi connectivity index (χ1n) is 5.55. The monoisotopic (exact) mass is 235 g/mol. The van der Waals surface area contributed by atoms with E-state index in [1.807, 2.05) is 12.1 Å². The van der Waals surface area contributed by atoms with Crippen molar-refractivity contribution >= 4 is 11.3 Å². The number of rotatable bonds is 2. The fourth-order valence-corrected chi connectivity index (χ4v) is 2.69. The van der Waals surface area contributed by atoms with E-state index >= 15 is 0 Å². The summed E-state index contributed by atoms with van der Waals surface area (Å²) in [6, 6.07) is 20.9. The predicted molar refractivity (Wildman–Crippen MR) is 74.0 cm³/mol. The van der Waals surface area contributed by atoms with E-state index in [0.717, 1.165) is 0 Å². The summed E-state index contributed by atoms with van der Waals surface area (Å²) in [5.74, 6) is 0. The second-order valence-electron chi connectivity index (χ2n) is 3.86. The molecule has 1 radical (unpaired) electrons. The van der Waals surface area contributed by atoms with E-state index in [-0.39, 0.29) is 0 Å². The van der Waals surface area contributed by atoms with Crippen LogP contribution in [-0.2, 0) is 0 Å². The van der Waals surface area contributed by atoms with Crippen molar-refractivity contribution in [1.82, 2.24) is 0 Å². The lowest BCUT2D eigenvalue weighted by atomic mass is 9.99.